The third-order valence-electron chi connectivity index (χ3n) is 3.16. The highest BCUT2D eigenvalue weighted by atomic mass is 16.3. The van der Waals surface area contributed by atoms with Crippen LogP contribution < -0.4 is 10.9 Å². The summed E-state index contributed by atoms with van der Waals surface area (Å²) in [6.07, 6.45) is 5.79. The lowest BCUT2D eigenvalue weighted by atomic mass is 9.85. The Morgan fingerprint density at radius 2 is 2.31 bits per heavy atom. The van der Waals surface area contributed by atoms with E-state index in [1.165, 1.54) is 18.8 Å². The maximum atomic E-state index is 11.1. The molecular weight excluding hydrogens is 206 g/mol. The van der Waals surface area contributed by atoms with Gasteiger partial charge < -0.3 is 15.4 Å². The van der Waals surface area contributed by atoms with Crippen LogP contribution in [0.25, 0.3) is 0 Å². The molecule has 2 atom stereocenters. The van der Waals surface area contributed by atoms with E-state index >= 15 is 0 Å². The summed E-state index contributed by atoms with van der Waals surface area (Å²) >= 11 is 0. The summed E-state index contributed by atoms with van der Waals surface area (Å²) in [4.78, 5) is 17.6. The highest BCUT2D eigenvalue weighted by Crippen LogP contribution is 2.25. The van der Waals surface area contributed by atoms with Gasteiger partial charge in [0.25, 0.3) is 5.56 Å². The largest absolute Gasteiger partial charge is 0.396 e. The molecule has 2 rings (SSSR count). The maximum Gasteiger partial charge on any atom is 0.252 e. The smallest absolute Gasteiger partial charge is 0.252 e. The topological polar surface area (TPSA) is 78.0 Å². The lowest BCUT2D eigenvalue weighted by Crippen LogP contribution is -2.34. The zero-order valence-electron chi connectivity index (χ0n) is 9.15. The minimum atomic E-state index is -0.158. The van der Waals surface area contributed by atoms with Crippen LogP contribution in [0.2, 0.25) is 0 Å². The first-order valence-corrected chi connectivity index (χ1v) is 5.71. The fourth-order valence-corrected chi connectivity index (χ4v) is 2.25. The number of hydrogen-bond acceptors (Lipinski definition) is 4. The first kappa shape index (κ1) is 11.1. The molecule has 0 saturated heterocycles. The number of anilines is 1. The zero-order chi connectivity index (χ0) is 11.4. The van der Waals surface area contributed by atoms with Crippen molar-refractivity contribution in [2.45, 2.75) is 31.7 Å². The summed E-state index contributed by atoms with van der Waals surface area (Å²) in [5.74, 6) is 0.865. The fourth-order valence-electron chi connectivity index (χ4n) is 2.25. The summed E-state index contributed by atoms with van der Waals surface area (Å²) < 4.78 is 0. The molecule has 1 aliphatic rings. The standard InChI is InChI=1S/C11H17N3O2/c15-6-8-3-1-2-4-9(8)14-10-5-11(16)13-7-12-10/h5,7-9,15H,1-4,6H2,(H2,12,13,14,16). The summed E-state index contributed by atoms with van der Waals surface area (Å²) in [6, 6.07) is 1.68. The third-order valence-corrected chi connectivity index (χ3v) is 3.16. The molecule has 88 valence electrons. The van der Waals surface area contributed by atoms with Crippen LogP contribution in [0.15, 0.2) is 17.2 Å². The van der Waals surface area contributed by atoms with Gasteiger partial charge in [-0.25, -0.2) is 4.98 Å². The SMILES string of the molecule is O=c1cc(NC2CCCCC2CO)nc[nH]1. The van der Waals surface area contributed by atoms with Crippen LogP contribution in [0.1, 0.15) is 25.7 Å². The van der Waals surface area contributed by atoms with Crippen molar-refractivity contribution in [1.82, 2.24) is 9.97 Å². The molecule has 16 heavy (non-hydrogen) atoms. The third kappa shape index (κ3) is 2.61. The Hall–Kier alpha value is -1.36. The van der Waals surface area contributed by atoms with Crippen molar-refractivity contribution in [1.29, 1.82) is 0 Å². The summed E-state index contributed by atoms with van der Waals surface area (Å²) in [7, 11) is 0. The van der Waals surface area contributed by atoms with Crippen molar-refractivity contribution >= 4 is 5.82 Å². The molecule has 5 nitrogen and oxygen atoms in total. The van der Waals surface area contributed by atoms with Crippen molar-refractivity contribution < 1.29 is 5.11 Å². The minimum absolute atomic E-state index is 0.158. The van der Waals surface area contributed by atoms with Crippen LogP contribution in [0.4, 0.5) is 5.82 Å². The predicted molar refractivity (Wildman–Crippen MR) is 61.3 cm³/mol. The van der Waals surface area contributed by atoms with Crippen molar-refractivity contribution in [2.24, 2.45) is 5.92 Å². The van der Waals surface area contributed by atoms with Crippen molar-refractivity contribution in [3.8, 4) is 0 Å². The van der Waals surface area contributed by atoms with Crippen LogP contribution in [-0.4, -0.2) is 27.7 Å². The summed E-state index contributed by atoms with van der Waals surface area (Å²) in [5, 5.41) is 12.5. The van der Waals surface area contributed by atoms with Crippen molar-refractivity contribution in [3.05, 3.63) is 22.7 Å². The number of aliphatic hydroxyl groups is 1. The Balaban J connectivity index is 2.05. The molecule has 0 aromatic carbocycles. The molecule has 1 aromatic heterocycles. The number of H-pyrrole nitrogens is 1. The molecular formula is C11H17N3O2. The second kappa shape index (κ2) is 5.12. The van der Waals surface area contributed by atoms with E-state index < -0.39 is 0 Å². The van der Waals surface area contributed by atoms with Gasteiger partial charge in [-0.05, 0) is 12.8 Å². The fraction of sp³-hybridized carbons (Fsp3) is 0.636. The molecule has 0 aliphatic heterocycles. The van der Waals surface area contributed by atoms with Gasteiger partial charge in [-0.1, -0.05) is 12.8 Å². The van der Waals surface area contributed by atoms with Gasteiger partial charge in [-0.2, -0.15) is 0 Å². The molecule has 1 aliphatic carbocycles. The maximum absolute atomic E-state index is 11.1. The minimum Gasteiger partial charge on any atom is -0.396 e. The van der Waals surface area contributed by atoms with Gasteiger partial charge >= 0.3 is 0 Å². The first-order chi connectivity index (χ1) is 7.79. The molecule has 1 aromatic rings. The number of rotatable bonds is 3. The molecule has 1 fully saturated rings. The second-order valence-corrected chi connectivity index (χ2v) is 4.27. The second-order valence-electron chi connectivity index (χ2n) is 4.27. The Morgan fingerprint density at radius 1 is 1.50 bits per heavy atom. The van der Waals surface area contributed by atoms with Gasteiger partial charge in [-0.3, -0.25) is 4.79 Å². The molecule has 0 spiro atoms. The highest BCUT2D eigenvalue weighted by Gasteiger charge is 2.24. The summed E-state index contributed by atoms with van der Waals surface area (Å²) in [6.45, 7) is 0.195. The van der Waals surface area contributed by atoms with Gasteiger partial charge in [-0.15, -0.1) is 0 Å². The van der Waals surface area contributed by atoms with E-state index in [0.29, 0.717) is 5.82 Å². The number of aromatic amines is 1. The van der Waals surface area contributed by atoms with E-state index in [1.807, 2.05) is 0 Å². The van der Waals surface area contributed by atoms with Crippen LogP contribution in [0.5, 0.6) is 0 Å². The monoisotopic (exact) mass is 223 g/mol. The molecule has 0 bridgehead atoms. The Bertz CT molecular complexity index is 391. The lowest BCUT2D eigenvalue weighted by molar-refractivity contribution is 0.178. The molecule has 0 amide bonds. The van der Waals surface area contributed by atoms with Crippen LogP contribution in [-0.2, 0) is 0 Å². The van der Waals surface area contributed by atoms with Gasteiger partial charge in [0.05, 0.1) is 6.33 Å². The Labute approximate surface area is 93.9 Å². The molecule has 1 heterocycles. The van der Waals surface area contributed by atoms with Crippen LogP contribution in [0.3, 0.4) is 0 Å². The normalized spacial score (nSPS) is 25.3. The summed E-state index contributed by atoms with van der Waals surface area (Å²) in [5.41, 5.74) is -0.158. The Morgan fingerprint density at radius 3 is 3.06 bits per heavy atom. The van der Waals surface area contributed by atoms with E-state index in [-0.39, 0.29) is 24.1 Å². The quantitative estimate of drug-likeness (QED) is 0.706. The zero-order valence-corrected chi connectivity index (χ0v) is 9.15. The van der Waals surface area contributed by atoms with Gasteiger partial charge in [0.15, 0.2) is 0 Å². The highest BCUT2D eigenvalue weighted by molar-refractivity contribution is 5.33. The van der Waals surface area contributed by atoms with E-state index in [0.717, 1.165) is 19.3 Å². The predicted octanol–water partition coefficient (Wildman–Crippen LogP) is 0.733. The average Bonchev–Trinajstić information content (AvgIpc) is 2.30. The van der Waals surface area contributed by atoms with Gasteiger partial charge in [0.1, 0.15) is 5.82 Å². The lowest BCUT2D eigenvalue weighted by Gasteiger charge is -2.31. The van der Waals surface area contributed by atoms with Crippen molar-refractivity contribution in [2.75, 3.05) is 11.9 Å². The Kier molecular flexibility index (Phi) is 3.56. The molecule has 5 heteroatoms. The molecule has 3 N–H and O–H groups in total. The van der Waals surface area contributed by atoms with E-state index in [1.54, 1.807) is 0 Å². The van der Waals surface area contributed by atoms with Crippen LogP contribution in [0, 0.1) is 5.92 Å². The van der Waals surface area contributed by atoms with Gasteiger partial charge in [0, 0.05) is 24.6 Å². The first-order valence-electron chi connectivity index (χ1n) is 5.71. The van der Waals surface area contributed by atoms with Gasteiger partial charge in [0.2, 0.25) is 0 Å². The number of aromatic nitrogens is 2. The average molecular weight is 223 g/mol. The van der Waals surface area contributed by atoms with E-state index in [9.17, 15) is 9.90 Å². The molecule has 1 saturated carbocycles. The number of aliphatic hydroxyl groups excluding tert-OH is 1. The number of hydrogen-bond donors (Lipinski definition) is 3. The number of nitrogens with zero attached hydrogens (tertiary/aromatic N) is 1. The molecule has 2 unspecified atom stereocenters. The molecule has 0 radical (unpaired) electrons. The van der Waals surface area contributed by atoms with Crippen LogP contribution >= 0.6 is 0 Å². The van der Waals surface area contributed by atoms with Crippen molar-refractivity contribution in [3.63, 3.8) is 0 Å². The number of nitrogens with one attached hydrogen (secondary N) is 2. The van der Waals surface area contributed by atoms with E-state index in [4.69, 9.17) is 0 Å². The van der Waals surface area contributed by atoms with E-state index in [2.05, 4.69) is 15.3 Å².